The van der Waals surface area contributed by atoms with Crippen molar-refractivity contribution in [2.24, 2.45) is 0 Å². The predicted molar refractivity (Wildman–Crippen MR) is 84.3 cm³/mol. The lowest BCUT2D eigenvalue weighted by molar-refractivity contribution is 0.106. The SMILES string of the molecule is Cc1ccc(C(=O)/C(=C/c2ccco2)c2cccs2)s1. The molecule has 0 aliphatic rings. The molecule has 100 valence electrons. The molecular formula is C16H12O2S2. The monoisotopic (exact) mass is 300 g/mol. The van der Waals surface area contributed by atoms with Crippen LogP contribution < -0.4 is 0 Å². The summed E-state index contributed by atoms with van der Waals surface area (Å²) in [4.78, 5) is 15.5. The van der Waals surface area contributed by atoms with Gasteiger partial charge in [0.15, 0.2) is 0 Å². The number of rotatable bonds is 4. The second kappa shape index (κ2) is 5.61. The highest BCUT2D eigenvalue weighted by Crippen LogP contribution is 2.29. The van der Waals surface area contributed by atoms with Gasteiger partial charge >= 0.3 is 0 Å². The average molecular weight is 300 g/mol. The van der Waals surface area contributed by atoms with Crippen LogP contribution in [-0.4, -0.2) is 5.78 Å². The molecule has 0 saturated carbocycles. The Kier molecular flexibility index (Phi) is 3.67. The first-order valence-electron chi connectivity index (χ1n) is 6.14. The van der Waals surface area contributed by atoms with E-state index in [2.05, 4.69) is 0 Å². The van der Waals surface area contributed by atoms with Crippen molar-refractivity contribution in [3.8, 4) is 0 Å². The van der Waals surface area contributed by atoms with Crippen molar-refractivity contribution >= 4 is 40.1 Å². The van der Waals surface area contributed by atoms with E-state index in [1.807, 2.05) is 54.8 Å². The van der Waals surface area contributed by atoms with E-state index in [-0.39, 0.29) is 5.78 Å². The van der Waals surface area contributed by atoms with Crippen LogP contribution in [-0.2, 0) is 0 Å². The Bertz CT molecular complexity index is 731. The van der Waals surface area contributed by atoms with Gasteiger partial charge in [-0.25, -0.2) is 0 Å². The number of thiophene rings is 2. The first kappa shape index (κ1) is 13.1. The molecule has 0 aliphatic carbocycles. The average Bonchev–Trinajstić information content (AvgIpc) is 3.17. The Labute approximate surface area is 125 Å². The molecule has 0 N–H and O–H groups in total. The van der Waals surface area contributed by atoms with Crippen molar-refractivity contribution in [3.05, 3.63) is 68.4 Å². The molecule has 4 heteroatoms. The molecule has 20 heavy (non-hydrogen) atoms. The maximum Gasteiger partial charge on any atom is 0.204 e. The molecular weight excluding hydrogens is 288 g/mol. The molecule has 0 radical (unpaired) electrons. The molecule has 0 amide bonds. The molecule has 3 aromatic rings. The van der Waals surface area contributed by atoms with Crippen LogP contribution in [0.25, 0.3) is 11.6 Å². The molecule has 0 fully saturated rings. The smallest absolute Gasteiger partial charge is 0.204 e. The molecule has 0 atom stereocenters. The van der Waals surface area contributed by atoms with Gasteiger partial charge in [-0.05, 0) is 48.7 Å². The summed E-state index contributed by atoms with van der Waals surface area (Å²) in [5, 5.41) is 1.97. The minimum absolute atomic E-state index is 0.0435. The number of hydrogen-bond acceptors (Lipinski definition) is 4. The topological polar surface area (TPSA) is 30.2 Å². The Morgan fingerprint density at radius 2 is 2.05 bits per heavy atom. The summed E-state index contributed by atoms with van der Waals surface area (Å²) in [5.74, 6) is 0.733. The zero-order chi connectivity index (χ0) is 13.9. The van der Waals surface area contributed by atoms with E-state index in [4.69, 9.17) is 4.42 Å². The predicted octanol–water partition coefficient (Wildman–Crippen LogP) is 5.13. The van der Waals surface area contributed by atoms with Crippen LogP contribution in [0.3, 0.4) is 0 Å². The maximum atomic E-state index is 12.7. The number of allylic oxidation sites excluding steroid dienone is 1. The highest BCUT2D eigenvalue weighted by atomic mass is 32.1. The third-order valence-corrected chi connectivity index (χ3v) is 4.73. The number of hydrogen-bond donors (Lipinski definition) is 0. The van der Waals surface area contributed by atoms with E-state index < -0.39 is 0 Å². The molecule has 0 spiro atoms. The number of aryl methyl sites for hydroxylation is 1. The van der Waals surface area contributed by atoms with Gasteiger partial charge in [0.1, 0.15) is 5.76 Å². The molecule has 0 saturated heterocycles. The fourth-order valence-corrected chi connectivity index (χ4v) is 3.45. The van der Waals surface area contributed by atoms with Gasteiger partial charge in [0.2, 0.25) is 5.78 Å². The lowest BCUT2D eigenvalue weighted by atomic mass is 10.1. The molecule has 2 nitrogen and oxygen atoms in total. The van der Waals surface area contributed by atoms with E-state index in [9.17, 15) is 4.79 Å². The van der Waals surface area contributed by atoms with Crippen LogP contribution in [0.4, 0.5) is 0 Å². The lowest BCUT2D eigenvalue weighted by Gasteiger charge is -2.02. The Hall–Kier alpha value is -1.91. The normalized spacial score (nSPS) is 11.8. The molecule has 0 bridgehead atoms. The number of carbonyl (C=O) groups is 1. The van der Waals surface area contributed by atoms with E-state index in [1.54, 1.807) is 17.6 Å². The molecule has 3 rings (SSSR count). The second-order valence-electron chi connectivity index (χ2n) is 4.29. The molecule has 3 aromatic heterocycles. The standard InChI is InChI=1S/C16H12O2S2/c1-11-6-7-15(20-11)16(17)13(14-5-3-9-19-14)10-12-4-2-8-18-12/h2-10H,1H3/b13-10+. The van der Waals surface area contributed by atoms with Crippen molar-refractivity contribution in [2.75, 3.05) is 0 Å². The summed E-state index contributed by atoms with van der Waals surface area (Å²) in [6, 6.07) is 11.4. The van der Waals surface area contributed by atoms with Crippen molar-refractivity contribution < 1.29 is 9.21 Å². The molecule has 0 aromatic carbocycles. The van der Waals surface area contributed by atoms with Crippen molar-refractivity contribution in [3.63, 3.8) is 0 Å². The van der Waals surface area contributed by atoms with E-state index in [1.165, 1.54) is 11.3 Å². The van der Waals surface area contributed by atoms with E-state index in [0.29, 0.717) is 11.3 Å². The third kappa shape index (κ3) is 2.66. The van der Waals surface area contributed by atoms with Crippen molar-refractivity contribution in [1.82, 2.24) is 0 Å². The largest absolute Gasteiger partial charge is 0.465 e. The first-order chi connectivity index (χ1) is 9.74. The van der Waals surface area contributed by atoms with Crippen LogP contribution in [0.15, 0.2) is 52.5 Å². The zero-order valence-electron chi connectivity index (χ0n) is 10.8. The second-order valence-corrected chi connectivity index (χ2v) is 6.53. The Balaban J connectivity index is 2.04. The van der Waals surface area contributed by atoms with Gasteiger partial charge in [-0.2, -0.15) is 0 Å². The fourth-order valence-electron chi connectivity index (χ4n) is 1.89. The highest BCUT2D eigenvalue weighted by molar-refractivity contribution is 7.15. The van der Waals surface area contributed by atoms with Crippen LogP contribution in [0.2, 0.25) is 0 Å². The Morgan fingerprint density at radius 3 is 2.65 bits per heavy atom. The van der Waals surface area contributed by atoms with Gasteiger partial charge in [0.25, 0.3) is 0 Å². The van der Waals surface area contributed by atoms with Crippen LogP contribution >= 0.6 is 22.7 Å². The number of furan rings is 1. The Morgan fingerprint density at radius 1 is 1.15 bits per heavy atom. The van der Waals surface area contributed by atoms with Gasteiger partial charge in [-0.1, -0.05) is 6.07 Å². The molecule has 0 unspecified atom stereocenters. The number of carbonyl (C=O) groups excluding carboxylic acids is 1. The highest BCUT2D eigenvalue weighted by Gasteiger charge is 2.17. The minimum atomic E-state index is 0.0435. The zero-order valence-corrected chi connectivity index (χ0v) is 12.5. The van der Waals surface area contributed by atoms with E-state index >= 15 is 0 Å². The van der Waals surface area contributed by atoms with Gasteiger partial charge in [-0.15, -0.1) is 22.7 Å². The quantitative estimate of drug-likeness (QED) is 0.493. The minimum Gasteiger partial charge on any atom is -0.465 e. The summed E-state index contributed by atoms with van der Waals surface area (Å²) in [6.07, 6.45) is 3.42. The van der Waals surface area contributed by atoms with Crippen LogP contribution in [0.5, 0.6) is 0 Å². The summed E-state index contributed by atoms with van der Waals surface area (Å²) >= 11 is 3.07. The first-order valence-corrected chi connectivity index (χ1v) is 7.84. The number of Topliss-reactive ketones (excluding diaryl/α,β-unsaturated/α-hetero) is 1. The number of ketones is 1. The third-order valence-electron chi connectivity index (χ3n) is 2.83. The van der Waals surface area contributed by atoms with Crippen molar-refractivity contribution in [1.29, 1.82) is 0 Å². The fraction of sp³-hybridized carbons (Fsp3) is 0.0625. The van der Waals surface area contributed by atoms with Gasteiger partial charge < -0.3 is 4.42 Å². The van der Waals surface area contributed by atoms with Gasteiger partial charge in [0, 0.05) is 15.3 Å². The summed E-state index contributed by atoms with van der Waals surface area (Å²) < 4.78 is 5.33. The molecule has 3 heterocycles. The van der Waals surface area contributed by atoms with Crippen molar-refractivity contribution in [2.45, 2.75) is 6.92 Å². The summed E-state index contributed by atoms with van der Waals surface area (Å²) in [6.45, 7) is 2.00. The summed E-state index contributed by atoms with van der Waals surface area (Å²) in [7, 11) is 0. The lowest BCUT2D eigenvalue weighted by Crippen LogP contribution is -1.98. The van der Waals surface area contributed by atoms with E-state index in [0.717, 1.165) is 14.6 Å². The van der Waals surface area contributed by atoms with Crippen LogP contribution in [0, 0.1) is 6.92 Å². The van der Waals surface area contributed by atoms with Gasteiger partial charge in [0.05, 0.1) is 11.1 Å². The summed E-state index contributed by atoms with van der Waals surface area (Å²) in [5.41, 5.74) is 0.678. The van der Waals surface area contributed by atoms with Crippen LogP contribution in [0.1, 0.15) is 25.2 Å². The van der Waals surface area contributed by atoms with Gasteiger partial charge in [-0.3, -0.25) is 4.79 Å². The maximum absolute atomic E-state index is 12.7. The molecule has 0 aliphatic heterocycles.